The number of carbonyl (C=O) groups excluding carboxylic acids is 2. The highest BCUT2D eigenvalue weighted by atomic mass is 35.5. The zero-order chi connectivity index (χ0) is 19.2. The summed E-state index contributed by atoms with van der Waals surface area (Å²) in [5, 5.41) is 3.60. The molecule has 7 heteroatoms. The van der Waals surface area contributed by atoms with Gasteiger partial charge in [0.25, 0.3) is 5.91 Å². The van der Waals surface area contributed by atoms with Crippen molar-refractivity contribution in [3.63, 3.8) is 0 Å². The average molecular weight is 407 g/mol. The van der Waals surface area contributed by atoms with Crippen LogP contribution in [0.4, 0.5) is 5.69 Å². The van der Waals surface area contributed by atoms with Gasteiger partial charge in [-0.3, -0.25) is 9.59 Å². The van der Waals surface area contributed by atoms with Crippen molar-refractivity contribution in [3.05, 3.63) is 58.1 Å². The summed E-state index contributed by atoms with van der Waals surface area (Å²) in [5.41, 5.74) is 1.57. The van der Waals surface area contributed by atoms with Gasteiger partial charge in [0.2, 0.25) is 5.91 Å². The van der Waals surface area contributed by atoms with Gasteiger partial charge in [0, 0.05) is 23.8 Å². The average Bonchev–Trinajstić information content (AvgIpc) is 3.17. The molecule has 2 aromatic rings. The van der Waals surface area contributed by atoms with Crippen LogP contribution in [-0.2, 0) is 16.0 Å². The van der Waals surface area contributed by atoms with Crippen LogP contribution in [0.3, 0.4) is 0 Å². The summed E-state index contributed by atoms with van der Waals surface area (Å²) in [6.45, 7) is 1.53. The van der Waals surface area contributed by atoms with Gasteiger partial charge in [-0.2, -0.15) is 0 Å². The smallest absolute Gasteiger partial charge is 0.262 e. The summed E-state index contributed by atoms with van der Waals surface area (Å²) >= 11 is 11.8. The molecule has 1 aliphatic rings. The molecule has 1 fully saturated rings. The molecule has 2 aromatic carbocycles. The number of rotatable bonds is 6. The minimum absolute atomic E-state index is 0.150. The number of nitrogens with zero attached hydrogens (tertiary/aromatic N) is 1. The predicted molar refractivity (Wildman–Crippen MR) is 107 cm³/mol. The lowest BCUT2D eigenvalue weighted by Crippen LogP contribution is -2.29. The Morgan fingerprint density at radius 1 is 1.04 bits per heavy atom. The number of hydrogen-bond acceptors (Lipinski definition) is 3. The Balaban J connectivity index is 1.48. The number of amides is 2. The first-order valence-corrected chi connectivity index (χ1v) is 9.51. The van der Waals surface area contributed by atoms with E-state index in [9.17, 15) is 9.59 Å². The molecule has 5 nitrogen and oxygen atoms in total. The molecule has 0 spiro atoms. The van der Waals surface area contributed by atoms with E-state index in [4.69, 9.17) is 27.9 Å². The number of likely N-dealkylation sites (tertiary alicyclic amines) is 1. The minimum Gasteiger partial charge on any atom is -0.482 e. The first-order chi connectivity index (χ1) is 13.0. The van der Waals surface area contributed by atoms with Crippen molar-refractivity contribution in [1.29, 1.82) is 0 Å². The van der Waals surface area contributed by atoms with Crippen LogP contribution in [0.1, 0.15) is 18.4 Å². The Morgan fingerprint density at radius 2 is 1.74 bits per heavy atom. The quantitative estimate of drug-likeness (QED) is 0.782. The molecule has 1 saturated heterocycles. The molecule has 0 aliphatic carbocycles. The van der Waals surface area contributed by atoms with Crippen molar-refractivity contribution < 1.29 is 14.3 Å². The first-order valence-electron chi connectivity index (χ1n) is 8.76. The lowest BCUT2D eigenvalue weighted by atomic mass is 10.1. The fourth-order valence-electron chi connectivity index (χ4n) is 2.89. The van der Waals surface area contributed by atoms with E-state index >= 15 is 0 Å². The maximum absolute atomic E-state index is 12.2. The molecule has 1 aliphatic heterocycles. The Bertz CT molecular complexity index is 818. The fraction of sp³-hybridized carbons (Fsp3) is 0.300. The molecule has 0 bridgehead atoms. The highest BCUT2D eigenvalue weighted by Gasteiger charge is 2.17. The number of carbonyl (C=O) groups is 2. The van der Waals surface area contributed by atoms with Crippen LogP contribution >= 0.6 is 23.2 Å². The van der Waals surface area contributed by atoms with Crippen LogP contribution in [0, 0.1) is 0 Å². The molecule has 0 aromatic heterocycles. The lowest BCUT2D eigenvalue weighted by molar-refractivity contribution is -0.129. The molecule has 1 heterocycles. The van der Waals surface area contributed by atoms with Gasteiger partial charge >= 0.3 is 0 Å². The number of halogens is 2. The van der Waals surface area contributed by atoms with Crippen molar-refractivity contribution in [3.8, 4) is 5.75 Å². The Labute approximate surface area is 168 Å². The molecule has 0 radical (unpaired) electrons. The molecule has 0 saturated carbocycles. The van der Waals surface area contributed by atoms with E-state index in [1.165, 1.54) is 0 Å². The monoisotopic (exact) mass is 406 g/mol. The number of hydrogen-bond donors (Lipinski definition) is 1. The summed E-state index contributed by atoms with van der Waals surface area (Å²) in [4.78, 5) is 26.1. The Kier molecular flexibility index (Phi) is 6.58. The predicted octanol–water partition coefficient (Wildman–Crippen LogP) is 4.18. The van der Waals surface area contributed by atoms with E-state index in [2.05, 4.69) is 5.32 Å². The maximum Gasteiger partial charge on any atom is 0.262 e. The summed E-state index contributed by atoms with van der Waals surface area (Å²) in [5.74, 6) is 0.242. The molecule has 27 heavy (non-hydrogen) atoms. The highest BCUT2D eigenvalue weighted by molar-refractivity contribution is 6.35. The summed E-state index contributed by atoms with van der Waals surface area (Å²) in [6, 6.07) is 12.1. The molecule has 3 rings (SSSR count). The van der Waals surface area contributed by atoms with Gasteiger partial charge in [0.1, 0.15) is 5.75 Å². The van der Waals surface area contributed by atoms with Gasteiger partial charge < -0.3 is 15.0 Å². The van der Waals surface area contributed by atoms with E-state index in [-0.39, 0.29) is 18.4 Å². The number of nitrogens with one attached hydrogen (secondary N) is 1. The van der Waals surface area contributed by atoms with Crippen LogP contribution in [-0.4, -0.2) is 36.4 Å². The van der Waals surface area contributed by atoms with Gasteiger partial charge in [-0.25, -0.2) is 0 Å². The molecule has 1 N–H and O–H groups in total. The van der Waals surface area contributed by atoms with Crippen LogP contribution in [0.15, 0.2) is 42.5 Å². The minimum atomic E-state index is -0.304. The van der Waals surface area contributed by atoms with E-state index in [0.29, 0.717) is 27.9 Å². The van der Waals surface area contributed by atoms with Crippen LogP contribution in [0.5, 0.6) is 5.75 Å². The normalized spacial score (nSPS) is 13.5. The van der Waals surface area contributed by atoms with Gasteiger partial charge in [0.15, 0.2) is 6.61 Å². The fourth-order valence-corrected chi connectivity index (χ4v) is 3.35. The third kappa shape index (κ3) is 5.62. The summed E-state index contributed by atoms with van der Waals surface area (Å²) < 4.78 is 5.41. The third-order valence-electron chi connectivity index (χ3n) is 4.30. The Hall–Kier alpha value is -2.24. The van der Waals surface area contributed by atoms with Crippen molar-refractivity contribution in [1.82, 2.24) is 4.90 Å². The van der Waals surface area contributed by atoms with Crippen LogP contribution in [0.25, 0.3) is 0 Å². The number of benzene rings is 2. The molecular formula is C20H20Cl2N2O3. The lowest BCUT2D eigenvalue weighted by Gasteiger charge is -2.15. The van der Waals surface area contributed by atoms with Gasteiger partial charge in [-0.05, 0) is 48.7 Å². The van der Waals surface area contributed by atoms with Gasteiger partial charge in [0.05, 0.1) is 11.4 Å². The Morgan fingerprint density at radius 3 is 2.41 bits per heavy atom. The SMILES string of the molecule is O=C(COc1ccc(Cl)cc1Cl)Nc1ccc(CC(=O)N2CCCC2)cc1. The van der Waals surface area contributed by atoms with Crippen molar-refractivity contribution >= 4 is 40.7 Å². The second-order valence-corrected chi connectivity index (χ2v) is 7.22. The van der Waals surface area contributed by atoms with Crippen molar-refractivity contribution in [2.75, 3.05) is 25.0 Å². The highest BCUT2D eigenvalue weighted by Crippen LogP contribution is 2.27. The molecule has 0 atom stereocenters. The maximum atomic E-state index is 12.2. The van der Waals surface area contributed by atoms with Crippen LogP contribution in [0.2, 0.25) is 10.0 Å². The molecule has 0 unspecified atom stereocenters. The second-order valence-electron chi connectivity index (χ2n) is 6.37. The van der Waals surface area contributed by atoms with E-state index < -0.39 is 0 Å². The zero-order valence-corrected chi connectivity index (χ0v) is 16.2. The standard InChI is InChI=1S/C20H20Cl2N2O3/c21-15-5-8-18(17(22)12-15)27-13-19(25)23-16-6-3-14(4-7-16)11-20(26)24-9-1-2-10-24/h3-8,12H,1-2,9-11,13H2,(H,23,25). The third-order valence-corrected chi connectivity index (χ3v) is 4.83. The molecule has 142 valence electrons. The van der Waals surface area contributed by atoms with Gasteiger partial charge in [-0.1, -0.05) is 35.3 Å². The summed E-state index contributed by atoms with van der Waals surface area (Å²) in [7, 11) is 0. The van der Waals surface area contributed by atoms with Crippen LogP contribution < -0.4 is 10.1 Å². The van der Waals surface area contributed by atoms with Gasteiger partial charge in [-0.15, -0.1) is 0 Å². The molecule has 2 amide bonds. The number of ether oxygens (including phenoxy) is 1. The zero-order valence-electron chi connectivity index (χ0n) is 14.7. The van der Waals surface area contributed by atoms with E-state index in [0.717, 1.165) is 31.5 Å². The topological polar surface area (TPSA) is 58.6 Å². The number of anilines is 1. The van der Waals surface area contributed by atoms with Crippen molar-refractivity contribution in [2.45, 2.75) is 19.3 Å². The summed E-state index contributed by atoms with van der Waals surface area (Å²) in [6.07, 6.45) is 2.55. The second kappa shape index (κ2) is 9.11. The molecular weight excluding hydrogens is 387 g/mol. The first kappa shape index (κ1) is 19.5. The van der Waals surface area contributed by atoms with E-state index in [1.54, 1.807) is 30.3 Å². The largest absolute Gasteiger partial charge is 0.482 e. The van der Waals surface area contributed by atoms with E-state index in [1.807, 2.05) is 17.0 Å². The van der Waals surface area contributed by atoms with Crippen molar-refractivity contribution in [2.24, 2.45) is 0 Å².